The van der Waals surface area contributed by atoms with E-state index >= 15 is 0 Å². The van der Waals surface area contributed by atoms with E-state index in [-0.39, 0.29) is 5.69 Å². The summed E-state index contributed by atoms with van der Waals surface area (Å²) in [7, 11) is 0. The highest BCUT2D eigenvalue weighted by molar-refractivity contribution is 8.00. The number of aryl methyl sites for hydroxylation is 1. The van der Waals surface area contributed by atoms with E-state index in [0.717, 1.165) is 17.6 Å². The number of hydrogen-bond donors (Lipinski definition) is 1. The minimum absolute atomic E-state index is 0.0260. The van der Waals surface area contributed by atoms with E-state index in [0.29, 0.717) is 5.25 Å². The standard InChI is InChI=1S/C13H16N2OS/c1-9-4-5-11-12(7-9)15(13(16)14-11)8-10-3-2-6-17-10/h4-5,7,10H,2-3,6,8H2,1H3,(H,14,16). The number of imidazole rings is 1. The van der Waals surface area contributed by atoms with E-state index in [1.165, 1.54) is 24.2 Å². The van der Waals surface area contributed by atoms with Crippen molar-refractivity contribution in [1.29, 1.82) is 0 Å². The Labute approximate surface area is 104 Å². The van der Waals surface area contributed by atoms with Gasteiger partial charge in [-0.05, 0) is 43.2 Å². The second-order valence-electron chi connectivity index (χ2n) is 4.70. The van der Waals surface area contributed by atoms with Crippen molar-refractivity contribution in [1.82, 2.24) is 9.55 Å². The Bertz CT molecular complexity index is 593. The Balaban J connectivity index is 2.04. The average molecular weight is 248 g/mol. The number of thioether (sulfide) groups is 1. The van der Waals surface area contributed by atoms with E-state index in [1.807, 2.05) is 28.5 Å². The number of fused-ring (bicyclic) bond motifs is 1. The first-order chi connectivity index (χ1) is 8.24. The topological polar surface area (TPSA) is 37.8 Å². The molecule has 1 saturated heterocycles. The van der Waals surface area contributed by atoms with Crippen LogP contribution in [0.4, 0.5) is 0 Å². The van der Waals surface area contributed by atoms with E-state index in [4.69, 9.17) is 0 Å². The molecule has 90 valence electrons. The summed E-state index contributed by atoms with van der Waals surface area (Å²) in [6, 6.07) is 6.12. The molecule has 0 radical (unpaired) electrons. The third kappa shape index (κ3) is 2.02. The fourth-order valence-electron chi connectivity index (χ4n) is 2.44. The Kier molecular flexibility index (Phi) is 2.74. The molecule has 1 aliphatic rings. The molecule has 3 rings (SSSR count). The number of H-pyrrole nitrogens is 1. The van der Waals surface area contributed by atoms with Crippen molar-refractivity contribution in [3.05, 3.63) is 34.2 Å². The largest absolute Gasteiger partial charge is 0.326 e. The zero-order valence-electron chi connectivity index (χ0n) is 9.90. The molecule has 17 heavy (non-hydrogen) atoms. The maximum Gasteiger partial charge on any atom is 0.326 e. The van der Waals surface area contributed by atoms with Crippen LogP contribution in [0.1, 0.15) is 18.4 Å². The zero-order chi connectivity index (χ0) is 11.8. The maximum absolute atomic E-state index is 11.9. The predicted molar refractivity (Wildman–Crippen MR) is 72.8 cm³/mol. The molecule has 1 atom stereocenters. The lowest BCUT2D eigenvalue weighted by Crippen LogP contribution is -2.21. The molecule has 0 spiro atoms. The molecule has 0 aliphatic carbocycles. The van der Waals surface area contributed by atoms with Crippen LogP contribution in [-0.4, -0.2) is 20.6 Å². The number of nitrogens with zero attached hydrogens (tertiary/aromatic N) is 1. The molecule has 2 aromatic rings. The van der Waals surface area contributed by atoms with Crippen molar-refractivity contribution in [2.45, 2.75) is 31.6 Å². The van der Waals surface area contributed by atoms with Crippen LogP contribution >= 0.6 is 11.8 Å². The third-order valence-corrected chi connectivity index (χ3v) is 4.72. The van der Waals surface area contributed by atoms with Crippen LogP contribution in [0.2, 0.25) is 0 Å². The van der Waals surface area contributed by atoms with Crippen LogP contribution < -0.4 is 5.69 Å². The summed E-state index contributed by atoms with van der Waals surface area (Å²) in [5, 5.41) is 0.604. The number of nitrogens with one attached hydrogen (secondary N) is 1. The molecule has 1 aromatic heterocycles. The van der Waals surface area contributed by atoms with Crippen molar-refractivity contribution >= 4 is 22.8 Å². The summed E-state index contributed by atoms with van der Waals surface area (Å²) in [6.07, 6.45) is 2.51. The summed E-state index contributed by atoms with van der Waals surface area (Å²) in [5.41, 5.74) is 3.22. The van der Waals surface area contributed by atoms with Gasteiger partial charge in [-0.2, -0.15) is 11.8 Å². The first-order valence-electron chi connectivity index (χ1n) is 6.05. The van der Waals surface area contributed by atoms with E-state index < -0.39 is 0 Å². The average Bonchev–Trinajstić information content (AvgIpc) is 2.90. The van der Waals surface area contributed by atoms with Gasteiger partial charge in [-0.1, -0.05) is 6.07 Å². The lowest BCUT2D eigenvalue weighted by atomic mass is 10.2. The molecular formula is C13H16N2OS. The minimum atomic E-state index is 0.0260. The molecule has 0 amide bonds. The molecule has 1 unspecified atom stereocenters. The van der Waals surface area contributed by atoms with Gasteiger partial charge in [0.2, 0.25) is 0 Å². The number of benzene rings is 1. The van der Waals surface area contributed by atoms with Gasteiger partial charge in [0, 0.05) is 11.8 Å². The fourth-order valence-corrected chi connectivity index (χ4v) is 3.69. The van der Waals surface area contributed by atoms with E-state index in [1.54, 1.807) is 0 Å². The number of rotatable bonds is 2. The number of hydrogen-bond acceptors (Lipinski definition) is 2. The fraction of sp³-hybridized carbons (Fsp3) is 0.462. The van der Waals surface area contributed by atoms with Crippen LogP contribution in [0, 0.1) is 6.92 Å². The van der Waals surface area contributed by atoms with Gasteiger partial charge in [-0.25, -0.2) is 4.79 Å². The first kappa shape index (κ1) is 11.0. The van der Waals surface area contributed by atoms with Crippen LogP contribution in [0.15, 0.2) is 23.0 Å². The number of aromatic amines is 1. The quantitative estimate of drug-likeness (QED) is 0.887. The van der Waals surface area contributed by atoms with Gasteiger partial charge < -0.3 is 4.98 Å². The molecule has 1 N–H and O–H groups in total. The maximum atomic E-state index is 11.9. The molecule has 1 aliphatic heterocycles. The van der Waals surface area contributed by atoms with Gasteiger partial charge in [0.25, 0.3) is 0 Å². The molecule has 0 bridgehead atoms. The van der Waals surface area contributed by atoms with Crippen molar-refractivity contribution in [2.75, 3.05) is 5.75 Å². The van der Waals surface area contributed by atoms with E-state index in [2.05, 4.69) is 18.0 Å². The van der Waals surface area contributed by atoms with Crippen molar-refractivity contribution in [3.63, 3.8) is 0 Å². The van der Waals surface area contributed by atoms with Crippen molar-refractivity contribution in [2.24, 2.45) is 0 Å². The van der Waals surface area contributed by atoms with Crippen molar-refractivity contribution < 1.29 is 0 Å². The highest BCUT2D eigenvalue weighted by Gasteiger charge is 2.18. The lowest BCUT2D eigenvalue weighted by molar-refractivity contribution is 0.636. The lowest BCUT2D eigenvalue weighted by Gasteiger charge is -2.09. The molecule has 0 saturated carbocycles. The van der Waals surface area contributed by atoms with E-state index in [9.17, 15) is 4.79 Å². The SMILES string of the molecule is Cc1ccc2[nH]c(=O)n(CC3CCCS3)c2c1. The van der Waals surface area contributed by atoms with Crippen LogP contribution in [-0.2, 0) is 6.54 Å². The highest BCUT2D eigenvalue weighted by Crippen LogP contribution is 2.27. The van der Waals surface area contributed by atoms with Gasteiger partial charge in [-0.3, -0.25) is 4.57 Å². The molecule has 4 heteroatoms. The predicted octanol–water partition coefficient (Wildman–Crippen LogP) is 2.53. The van der Waals surface area contributed by atoms with Gasteiger partial charge in [0.1, 0.15) is 0 Å². The Hall–Kier alpha value is -1.16. The van der Waals surface area contributed by atoms with Gasteiger partial charge in [-0.15, -0.1) is 0 Å². The second-order valence-corrected chi connectivity index (χ2v) is 6.10. The molecule has 2 heterocycles. The van der Waals surface area contributed by atoms with Gasteiger partial charge >= 0.3 is 5.69 Å². The Morgan fingerprint density at radius 2 is 2.41 bits per heavy atom. The Morgan fingerprint density at radius 1 is 1.53 bits per heavy atom. The summed E-state index contributed by atoms with van der Waals surface area (Å²) < 4.78 is 1.89. The van der Waals surface area contributed by atoms with Crippen LogP contribution in [0.5, 0.6) is 0 Å². The molecule has 1 fully saturated rings. The molecule has 3 nitrogen and oxygen atoms in total. The third-order valence-electron chi connectivity index (χ3n) is 3.34. The molecule has 1 aromatic carbocycles. The molecular weight excluding hydrogens is 232 g/mol. The smallest absolute Gasteiger partial charge is 0.306 e. The highest BCUT2D eigenvalue weighted by atomic mass is 32.2. The monoisotopic (exact) mass is 248 g/mol. The first-order valence-corrected chi connectivity index (χ1v) is 7.10. The summed E-state index contributed by atoms with van der Waals surface area (Å²) in [6.45, 7) is 2.90. The van der Waals surface area contributed by atoms with Gasteiger partial charge in [0.05, 0.1) is 11.0 Å². The zero-order valence-corrected chi connectivity index (χ0v) is 10.7. The normalized spacial score (nSPS) is 20.2. The summed E-state index contributed by atoms with van der Waals surface area (Å²) in [4.78, 5) is 14.9. The minimum Gasteiger partial charge on any atom is -0.306 e. The van der Waals surface area contributed by atoms with Crippen molar-refractivity contribution in [3.8, 4) is 0 Å². The van der Waals surface area contributed by atoms with Crippen LogP contribution in [0.25, 0.3) is 11.0 Å². The second kappa shape index (κ2) is 4.26. The number of aromatic nitrogens is 2. The summed E-state index contributed by atoms with van der Waals surface area (Å²) >= 11 is 1.99. The summed E-state index contributed by atoms with van der Waals surface area (Å²) in [5.74, 6) is 1.24. The Morgan fingerprint density at radius 3 is 3.18 bits per heavy atom. The van der Waals surface area contributed by atoms with Gasteiger partial charge in [0.15, 0.2) is 0 Å². The van der Waals surface area contributed by atoms with Crippen LogP contribution in [0.3, 0.4) is 0 Å².